The fraction of sp³-hybridized carbons (Fsp3) is 0.600. The van der Waals surface area contributed by atoms with Gasteiger partial charge in [0, 0.05) is 17.9 Å². The molecule has 0 aromatic rings. The molecule has 4 nitrogen and oxygen atoms in total. The Labute approximate surface area is 84.3 Å². The maximum Gasteiger partial charge on any atom is 0.115 e. The third-order valence-corrected chi connectivity index (χ3v) is 2.49. The number of nitrogens with two attached hydrogens (primary N) is 1. The first-order chi connectivity index (χ1) is 6.69. The lowest BCUT2D eigenvalue weighted by Crippen LogP contribution is -2.28. The van der Waals surface area contributed by atoms with Crippen molar-refractivity contribution in [3.05, 3.63) is 23.0 Å². The minimum Gasteiger partial charge on any atom is -0.402 e. The van der Waals surface area contributed by atoms with Gasteiger partial charge in [-0.2, -0.15) is 0 Å². The van der Waals surface area contributed by atoms with Crippen LogP contribution >= 0.6 is 0 Å². The van der Waals surface area contributed by atoms with E-state index in [-0.39, 0.29) is 13.3 Å². The van der Waals surface area contributed by atoms with E-state index in [0.29, 0.717) is 6.54 Å². The summed E-state index contributed by atoms with van der Waals surface area (Å²) < 4.78 is 0. The molecule has 1 aliphatic carbocycles. The van der Waals surface area contributed by atoms with Crippen molar-refractivity contribution in [2.45, 2.75) is 19.8 Å². The van der Waals surface area contributed by atoms with Gasteiger partial charge in [-0.15, -0.1) is 0 Å². The van der Waals surface area contributed by atoms with Crippen LogP contribution in [0.25, 0.3) is 0 Å². The Morgan fingerprint density at radius 2 is 2.14 bits per heavy atom. The van der Waals surface area contributed by atoms with E-state index in [0.717, 1.165) is 29.8 Å². The summed E-state index contributed by atoms with van der Waals surface area (Å²) in [4.78, 5) is 1.76. The monoisotopic (exact) mass is 198 g/mol. The number of hydrogen-bond donors (Lipinski definition) is 3. The number of allylic oxidation sites excluding steroid dienone is 4. The standard InChI is InChI=1S/C10H18N2O2/c1-8-6-9(2-3-10(8)11)12(7-14)4-5-13/h6,13-14H,2-5,7,11H2,1H3. The zero-order chi connectivity index (χ0) is 10.6. The number of aliphatic hydroxyl groups is 2. The van der Waals surface area contributed by atoms with Crippen LogP contribution in [0.5, 0.6) is 0 Å². The predicted molar refractivity (Wildman–Crippen MR) is 55.1 cm³/mol. The van der Waals surface area contributed by atoms with Crippen molar-refractivity contribution in [1.29, 1.82) is 0 Å². The third kappa shape index (κ3) is 2.49. The van der Waals surface area contributed by atoms with Gasteiger partial charge in [-0.25, -0.2) is 0 Å². The quantitative estimate of drug-likeness (QED) is 0.562. The van der Waals surface area contributed by atoms with Crippen LogP contribution < -0.4 is 5.73 Å². The molecular weight excluding hydrogens is 180 g/mol. The zero-order valence-electron chi connectivity index (χ0n) is 8.53. The lowest BCUT2D eigenvalue weighted by Gasteiger charge is -2.27. The Bertz CT molecular complexity index is 259. The second-order valence-corrected chi connectivity index (χ2v) is 3.47. The molecule has 4 heteroatoms. The van der Waals surface area contributed by atoms with Gasteiger partial charge in [-0.05, 0) is 31.4 Å². The van der Waals surface area contributed by atoms with Crippen molar-refractivity contribution in [3.63, 3.8) is 0 Å². The summed E-state index contributed by atoms with van der Waals surface area (Å²) in [6, 6.07) is 0. The molecule has 0 aliphatic heterocycles. The van der Waals surface area contributed by atoms with E-state index < -0.39 is 0 Å². The first-order valence-corrected chi connectivity index (χ1v) is 4.81. The normalized spacial score (nSPS) is 16.9. The molecule has 0 radical (unpaired) electrons. The van der Waals surface area contributed by atoms with Gasteiger partial charge in [-0.1, -0.05) is 0 Å². The van der Waals surface area contributed by atoms with Crippen LogP contribution in [0.4, 0.5) is 0 Å². The largest absolute Gasteiger partial charge is 0.402 e. The SMILES string of the molecule is CC1=C(N)CCC(N(CO)CCO)=C1. The summed E-state index contributed by atoms with van der Waals surface area (Å²) in [7, 11) is 0. The summed E-state index contributed by atoms with van der Waals surface area (Å²) in [5.41, 5.74) is 8.78. The van der Waals surface area contributed by atoms with E-state index in [1.54, 1.807) is 4.90 Å². The van der Waals surface area contributed by atoms with E-state index in [2.05, 4.69) is 0 Å². The topological polar surface area (TPSA) is 69.7 Å². The molecule has 0 saturated heterocycles. The van der Waals surface area contributed by atoms with Crippen LogP contribution in [0, 0.1) is 0 Å². The Morgan fingerprint density at radius 1 is 1.43 bits per heavy atom. The highest BCUT2D eigenvalue weighted by Crippen LogP contribution is 2.22. The summed E-state index contributed by atoms with van der Waals surface area (Å²) >= 11 is 0. The van der Waals surface area contributed by atoms with E-state index >= 15 is 0 Å². The molecule has 80 valence electrons. The van der Waals surface area contributed by atoms with Crippen molar-refractivity contribution >= 4 is 0 Å². The number of nitrogens with zero attached hydrogens (tertiary/aromatic N) is 1. The fourth-order valence-electron chi connectivity index (χ4n) is 1.55. The lowest BCUT2D eigenvalue weighted by atomic mass is 10.0. The Morgan fingerprint density at radius 3 is 2.64 bits per heavy atom. The van der Waals surface area contributed by atoms with Gasteiger partial charge >= 0.3 is 0 Å². The molecule has 0 atom stereocenters. The van der Waals surface area contributed by atoms with Crippen molar-refractivity contribution in [1.82, 2.24) is 4.90 Å². The molecule has 0 amide bonds. The van der Waals surface area contributed by atoms with Crippen molar-refractivity contribution in [2.75, 3.05) is 19.9 Å². The van der Waals surface area contributed by atoms with Crippen LogP contribution in [0.3, 0.4) is 0 Å². The minimum absolute atomic E-state index is 0.0517. The third-order valence-electron chi connectivity index (χ3n) is 2.49. The first-order valence-electron chi connectivity index (χ1n) is 4.81. The van der Waals surface area contributed by atoms with Crippen molar-refractivity contribution < 1.29 is 10.2 Å². The van der Waals surface area contributed by atoms with Crippen LogP contribution in [0.1, 0.15) is 19.8 Å². The summed E-state index contributed by atoms with van der Waals surface area (Å²) in [6.07, 6.45) is 3.65. The van der Waals surface area contributed by atoms with Crippen LogP contribution in [0.15, 0.2) is 23.0 Å². The maximum atomic E-state index is 9.09. The molecular formula is C10H18N2O2. The number of aliphatic hydroxyl groups excluding tert-OH is 2. The molecule has 0 fully saturated rings. The van der Waals surface area contributed by atoms with Crippen LogP contribution in [-0.2, 0) is 0 Å². The Hall–Kier alpha value is -1.00. The highest BCUT2D eigenvalue weighted by molar-refractivity contribution is 5.30. The summed E-state index contributed by atoms with van der Waals surface area (Å²) in [6.45, 7) is 2.42. The summed E-state index contributed by atoms with van der Waals surface area (Å²) in [5, 5.41) is 17.9. The van der Waals surface area contributed by atoms with Crippen molar-refractivity contribution in [3.8, 4) is 0 Å². The molecule has 0 aromatic carbocycles. The molecule has 0 bridgehead atoms. The lowest BCUT2D eigenvalue weighted by molar-refractivity contribution is 0.113. The average molecular weight is 198 g/mol. The van der Waals surface area contributed by atoms with E-state index in [9.17, 15) is 0 Å². The molecule has 0 saturated carbocycles. The van der Waals surface area contributed by atoms with E-state index in [1.807, 2.05) is 13.0 Å². The zero-order valence-corrected chi connectivity index (χ0v) is 8.53. The maximum absolute atomic E-state index is 9.09. The predicted octanol–water partition coefficient (Wildman–Crippen LogP) is 0.141. The second-order valence-electron chi connectivity index (χ2n) is 3.47. The summed E-state index contributed by atoms with van der Waals surface area (Å²) in [5.74, 6) is 0. The van der Waals surface area contributed by atoms with Gasteiger partial charge in [-0.3, -0.25) is 0 Å². The highest BCUT2D eigenvalue weighted by atomic mass is 16.3. The van der Waals surface area contributed by atoms with Crippen molar-refractivity contribution in [2.24, 2.45) is 5.73 Å². The van der Waals surface area contributed by atoms with Gasteiger partial charge < -0.3 is 20.8 Å². The average Bonchev–Trinajstić information content (AvgIpc) is 2.19. The van der Waals surface area contributed by atoms with Gasteiger partial charge in [0.05, 0.1) is 6.61 Å². The first kappa shape index (κ1) is 11.1. The molecule has 1 rings (SSSR count). The molecule has 0 spiro atoms. The highest BCUT2D eigenvalue weighted by Gasteiger charge is 2.13. The Balaban J connectivity index is 2.72. The molecule has 1 aliphatic rings. The molecule has 0 unspecified atom stereocenters. The van der Waals surface area contributed by atoms with E-state index in [4.69, 9.17) is 15.9 Å². The van der Waals surface area contributed by atoms with Gasteiger partial charge in [0.2, 0.25) is 0 Å². The van der Waals surface area contributed by atoms with Gasteiger partial charge in [0.25, 0.3) is 0 Å². The Kier molecular flexibility index (Phi) is 3.98. The molecule has 0 aromatic heterocycles. The van der Waals surface area contributed by atoms with Gasteiger partial charge in [0.15, 0.2) is 0 Å². The number of hydrogen-bond acceptors (Lipinski definition) is 4. The second kappa shape index (κ2) is 5.02. The van der Waals surface area contributed by atoms with Crippen LogP contribution in [0.2, 0.25) is 0 Å². The van der Waals surface area contributed by atoms with Gasteiger partial charge in [0.1, 0.15) is 6.73 Å². The minimum atomic E-state index is -0.0560. The smallest absolute Gasteiger partial charge is 0.115 e. The van der Waals surface area contributed by atoms with Crippen LogP contribution in [-0.4, -0.2) is 35.0 Å². The number of rotatable bonds is 4. The fourth-order valence-corrected chi connectivity index (χ4v) is 1.55. The molecule has 14 heavy (non-hydrogen) atoms. The molecule has 0 heterocycles. The molecule has 4 N–H and O–H groups in total. The van der Waals surface area contributed by atoms with E-state index in [1.165, 1.54) is 0 Å².